The van der Waals surface area contributed by atoms with Gasteiger partial charge in [-0.3, -0.25) is 9.69 Å². The van der Waals surface area contributed by atoms with Gasteiger partial charge in [-0.15, -0.1) is 0 Å². The number of carbonyl (C=O) groups excluding carboxylic acids is 1. The molecule has 2 N–H and O–H groups in total. The maximum absolute atomic E-state index is 14.4. The average molecular weight is 620 g/mol. The van der Waals surface area contributed by atoms with Crippen LogP contribution in [-0.4, -0.2) is 74.0 Å². The third kappa shape index (κ3) is 5.95. The van der Waals surface area contributed by atoms with Crippen molar-refractivity contribution in [3.63, 3.8) is 0 Å². The Morgan fingerprint density at radius 1 is 0.889 bits per heavy atom. The van der Waals surface area contributed by atoms with Crippen LogP contribution in [-0.2, 0) is 9.53 Å². The molecule has 5 fully saturated rings. The lowest BCUT2D eigenvalue weighted by Gasteiger charge is -2.54. The highest BCUT2D eigenvalue weighted by Gasteiger charge is 2.49. The van der Waals surface area contributed by atoms with Gasteiger partial charge in [0.25, 0.3) is 5.56 Å². The highest BCUT2D eigenvalue weighted by Crippen LogP contribution is 2.47. The Morgan fingerprint density at radius 3 is 2.20 bits per heavy atom. The van der Waals surface area contributed by atoms with E-state index in [-0.39, 0.29) is 24.0 Å². The molecular weight excluding hydrogens is 570 g/mol. The van der Waals surface area contributed by atoms with Gasteiger partial charge in [0, 0.05) is 30.7 Å². The number of anilines is 1. The number of carbonyl (C=O) groups is 2. The number of hydrogen-bond donors (Lipinski definition) is 2. The number of aromatic nitrogens is 2. The normalized spacial score (nSPS) is 33.6. The molecule has 2 saturated carbocycles. The molecule has 10 heteroatoms. The van der Waals surface area contributed by atoms with Gasteiger partial charge in [-0.2, -0.15) is 0 Å². The molecule has 0 radical (unpaired) electrons. The van der Waals surface area contributed by atoms with Gasteiger partial charge in [-0.25, -0.2) is 14.6 Å². The van der Waals surface area contributed by atoms with Crippen LogP contribution in [0.15, 0.2) is 29.1 Å². The maximum atomic E-state index is 14.4. The summed E-state index contributed by atoms with van der Waals surface area (Å²) in [7, 11) is 0. The van der Waals surface area contributed by atoms with Crippen molar-refractivity contribution in [1.29, 1.82) is 0 Å². The molecule has 5 aliphatic rings. The Kier molecular flexibility index (Phi) is 8.07. The van der Waals surface area contributed by atoms with Gasteiger partial charge >= 0.3 is 12.1 Å². The van der Waals surface area contributed by atoms with E-state index >= 15 is 0 Å². The van der Waals surface area contributed by atoms with Crippen molar-refractivity contribution in [2.45, 2.75) is 140 Å². The zero-order chi connectivity index (χ0) is 31.5. The highest BCUT2D eigenvalue weighted by molar-refractivity contribution is 5.84. The van der Waals surface area contributed by atoms with Crippen LogP contribution in [0.5, 0.6) is 0 Å². The minimum atomic E-state index is -1.11. The number of para-hydroxylation sites is 2. The van der Waals surface area contributed by atoms with Crippen LogP contribution in [0, 0.1) is 11.8 Å². The van der Waals surface area contributed by atoms with Gasteiger partial charge in [-0.1, -0.05) is 44.2 Å². The van der Waals surface area contributed by atoms with E-state index in [1.54, 1.807) is 20.8 Å². The smallest absolute Gasteiger partial charge is 0.408 e. The number of benzene rings is 1. The number of carboxylic acid groups (broad SMARTS) is 1. The van der Waals surface area contributed by atoms with Crippen LogP contribution >= 0.6 is 0 Å². The number of ether oxygens (including phenoxy) is 1. The number of piperidine rings is 2. The summed E-state index contributed by atoms with van der Waals surface area (Å²) in [5, 5.41) is 12.9. The SMILES string of the molecule is CC(C)(C)OC(=O)N[C@@H]1CN(c2nc3ccccc3n(C3C[C@H]4CCC[C@@H](C3)N4C3CC4CCCCC(C4)C3)c2=O)[C@@H]1C(=O)O. The highest BCUT2D eigenvalue weighted by atomic mass is 16.6. The van der Waals surface area contributed by atoms with Crippen LogP contribution in [0.4, 0.5) is 10.6 Å². The Hall–Kier alpha value is -3.14. The van der Waals surface area contributed by atoms with Crippen molar-refractivity contribution in [2.24, 2.45) is 11.8 Å². The van der Waals surface area contributed by atoms with Crippen LogP contribution in [0.25, 0.3) is 11.0 Å². The molecule has 1 aromatic heterocycles. The zero-order valence-electron chi connectivity index (χ0n) is 27.0. The van der Waals surface area contributed by atoms with E-state index < -0.39 is 29.7 Å². The topological polar surface area (TPSA) is 117 Å². The molecule has 3 unspecified atom stereocenters. The van der Waals surface area contributed by atoms with Crippen molar-refractivity contribution in [3.05, 3.63) is 34.6 Å². The molecule has 1 amide bonds. The minimum Gasteiger partial charge on any atom is -0.480 e. The third-order valence-corrected chi connectivity index (χ3v) is 11.3. The number of carboxylic acids is 1. The number of amides is 1. The van der Waals surface area contributed by atoms with Crippen LogP contribution in [0.1, 0.15) is 104 Å². The fourth-order valence-corrected chi connectivity index (χ4v) is 9.61. The number of aliphatic carboxylic acids is 1. The predicted molar refractivity (Wildman–Crippen MR) is 173 cm³/mol. The maximum Gasteiger partial charge on any atom is 0.408 e. The second-order valence-electron chi connectivity index (χ2n) is 15.5. The quantitative estimate of drug-likeness (QED) is 0.452. The van der Waals surface area contributed by atoms with E-state index in [9.17, 15) is 19.5 Å². The zero-order valence-corrected chi connectivity index (χ0v) is 27.0. The molecule has 45 heavy (non-hydrogen) atoms. The molecule has 7 atom stereocenters. The molecule has 0 spiro atoms. The van der Waals surface area contributed by atoms with Crippen LogP contribution in [0.3, 0.4) is 0 Å². The van der Waals surface area contributed by atoms with E-state index in [4.69, 9.17) is 9.72 Å². The van der Waals surface area contributed by atoms with Crippen LogP contribution < -0.4 is 15.8 Å². The molecule has 2 aliphatic carbocycles. The first-order chi connectivity index (χ1) is 21.6. The second-order valence-corrected chi connectivity index (χ2v) is 15.5. The Morgan fingerprint density at radius 2 is 1.56 bits per heavy atom. The average Bonchev–Trinajstić information content (AvgIpc) is 3.12. The summed E-state index contributed by atoms with van der Waals surface area (Å²) >= 11 is 0. The number of alkyl carbamates (subject to hydrolysis) is 1. The summed E-state index contributed by atoms with van der Waals surface area (Å²) in [5.74, 6) is 0.777. The van der Waals surface area contributed by atoms with Crippen molar-refractivity contribution < 1.29 is 19.4 Å². The van der Waals surface area contributed by atoms with Gasteiger partial charge in [0.1, 0.15) is 5.60 Å². The number of nitrogens with one attached hydrogen (secondary N) is 1. The number of nitrogens with zero attached hydrogens (tertiary/aromatic N) is 4. The van der Waals surface area contributed by atoms with Crippen molar-refractivity contribution in [2.75, 3.05) is 11.4 Å². The molecule has 4 bridgehead atoms. The van der Waals surface area contributed by atoms with Gasteiger partial charge < -0.3 is 24.6 Å². The van der Waals surface area contributed by atoms with Crippen LogP contribution in [0.2, 0.25) is 0 Å². The summed E-state index contributed by atoms with van der Waals surface area (Å²) in [6.45, 7) is 5.45. The molecule has 7 rings (SSSR count). The second kappa shape index (κ2) is 11.9. The summed E-state index contributed by atoms with van der Waals surface area (Å²) in [6, 6.07) is 7.55. The molecule has 4 heterocycles. The fourth-order valence-electron chi connectivity index (χ4n) is 9.61. The van der Waals surface area contributed by atoms with E-state index in [1.165, 1.54) is 69.1 Å². The molecule has 10 nitrogen and oxygen atoms in total. The first-order valence-electron chi connectivity index (χ1n) is 17.3. The number of hydrogen-bond acceptors (Lipinski definition) is 7. The lowest BCUT2D eigenvalue weighted by atomic mass is 9.73. The largest absolute Gasteiger partial charge is 0.480 e. The monoisotopic (exact) mass is 619 g/mol. The summed E-state index contributed by atoms with van der Waals surface area (Å²) in [4.78, 5) is 48.5. The standard InChI is InChI=1S/C35H49N5O5/c1-35(2,3)45-34(44)37-28-20-38(30(28)33(42)43)31-32(41)40(29-14-7-6-13-27(29)36-31)26-18-23-11-8-12-24(19-26)39(23)25-16-21-9-4-5-10-22(15-21)17-25/h6-7,13-14,21-26,28,30H,4-5,8-12,15-20H2,1-3H3,(H,37,44)(H,42,43)/t21?,22?,23-,24+,25?,26?,28-,30+/m1/s1. The molecule has 1 aromatic carbocycles. The van der Waals surface area contributed by atoms with E-state index in [1.807, 2.05) is 28.8 Å². The first kappa shape index (κ1) is 30.5. The number of rotatable bonds is 5. The minimum absolute atomic E-state index is 0.0295. The molecule has 3 aliphatic heterocycles. The van der Waals surface area contributed by atoms with Crippen molar-refractivity contribution in [1.82, 2.24) is 19.8 Å². The molecule has 3 saturated heterocycles. The van der Waals surface area contributed by atoms with E-state index in [0.717, 1.165) is 30.2 Å². The molecular formula is C35H49N5O5. The van der Waals surface area contributed by atoms with Gasteiger partial charge in [0.2, 0.25) is 0 Å². The third-order valence-electron chi connectivity index (χ3n) is 11.3. The Bertz CT molecular complexity index is 1470. The first-order valence-corrected chi connectivity index (χ1v) is 17.3. The van der Waals surface area contributed by atoms with E-state index in [0.29, 0.717) is 23.6 Å². The van der Waals surface area contributed by atoms with Gasteiger partial charge in [0.15, 0.2) is 11.9 Å². The summed E-state index contributed by atoms with van der Waals surface area (Å²) in [5.41, 5.74) is 0.546. The Balaban J connectivity index is 1.17. The Labute approximate surface area is 265 Å². The lowest BCUT2D eigenvalue weighted by Crippen LogP contribution is -2.71. The lowest BCUT2D eigenvalue weighted by molar-refractivity contribution is -0.140. The van der Waals surface area contributed by atoms with Gasteiger partial charge in [-0.05, 0) is 89.7 Å². The summed E-state index contributed by atoms with van der Waals surface area (Å²) in [6.07, 6.45) is 14.4. The van der Waals surface area contributed by atoms with Crippen molar-refractivity contribution >= 4 is 28.9 Å². The van der Waals surface area contributed by atoms with Crippen molar-refractivity contribution in [3.8, 4) is 0 Å². The fraction of sp³-hybridized carbons (Fsp3) is 0.714. The summed E-state index contributed by atoms with van der Waals surface area (Å²) < 4.78 is 7.30. The number of fused-ring (bicyclic) bond motifs is 5. The molecule has 244 valence electrons. The van der Waals surface area contributed by atoms with Gasteiger partial charge in [0.05, 0.1) is 17.1 Å². The molecule has 2 aromatic rings. The van der Waals surface area contributed by atoms with E-state index in [2.05, 4.69) is 10.2 Å². The predicted octanol–water partition coefficient (Wildman–Crippen LogP) is 5.48.